The predicted octanol–water partition coefficient (Wildman–Crippen LogP) is 4.65. The molecule has 0 aliphatic carbocycles. The third-order valence-corrected chi connectivity index (χ3v) is 4.37. The molecule has 2 heterocycles. The summed E-state index contributed by atoms with van der Waals surface area (Å²) in [6, 6.07) is 14.7. The molecular formula is C21H20N4. The van der Waals surface area contributed by atoms with E-state index in [1.807, 2.05) is 29.0 Å². The van der Waals surface area contributed by atoms with E-state index in [0.29, 0.717) is 0 Å². The number of hydrogen-bond donors (Lipinski definition) is 0. The second-order valence-electron chi connectivity index (χ2n) is 6.38. The Morgan fingerprint density at radius 2 is 1.64 bits per heavy atom. The van der Waals surface area contributed by atoms with Crippen LogP contribution in [0.15, 0.2) is 67.4 Å². The van der Waals surface area contributed by atoms with Gasteiger partial charge in [-0.2, -0.15) is 0 Å². The molecule has 2 aromatic heterocycles. The van der Waals surface area contributed by atoms with E-state index in [4.69, 9.17) is 4.98 Å². The molecule has 0 bridgehead atoms. The Labute approximate surface area is 147 Å². The molecule has 25 heavy (non-hydrogen) atoms. The van der Waals surface area contributed by atoms with Gasteiger partial charge in [0, 0.05) is 18.0 Å². The Hall–Kier alpha value is -3.14. The van der Waals surface area contributed by atoms with Crippen LogP contribution < -0.4 is 0 Å². The van der Waals surface area contributed by atoms with Crippen LogP contribution in [0, 0.1) is 20.8 Å². The molecule has 0 N–H and O–H groups in total. The molecular weight excluding hydrogens is 308 g/mol. The molecule has 124 valence electrons. The van der Waals surface area contributed by atoms with Crippen molar-refractivity contribution in [2.45, 2.75) is 20.8 Å². The van der Waals surface area contributed by atoms with Crippen LogP contribution in [0.2, 0.25) is 0 Å². The van der Waals surface area contributed by atoms with Crippen LogP contribution in [0.5, 0.6) is 0 Å². The van der Waals surface area contributed by atoms with Gasteiger partial charge in [-0.1, -0.05) is 48.0 Å². The minimum atomic E-state index is 0.857. The van der Waals surface area contributed by atoms with E-state index in [0.717, 1.165) is 17.2 Å². The lowest BCUT2D eigenvalue weighted by molar-refractivity contribution is 1.01. The summed E-state index contributed by atoms with van der Waals surface area (Å²) in [4.78, 5) is 9.03. The van der Waals surface area contributed by atoms with Gasteiger partial charge in [-0.3, -0.25) is 9.13 Å². The summed E-state index contributed by atoms with van der Waals surface area (Å²) in [5.41, 5.74) is 6.03. The van der Waals surface area contributed by atoms with Crippen molar-refractivity contribution >= 4 is 0 Å². The maximum Gasteiger partial charge on any atom is 0.157 e. The third kappa shape index (κ3) is 2.76. The van der Waals surface area contributed by atoms with Crippen molar-refractivity contribution in [3.8, 4) is 22.9 Å². The van der Waals surface area contributed by atoms with Crippen LogP contribution >= 0.6 is 0 Å². The van der Waals surface area contributed by atoms with Crippen LogP contribution in [0.4, 0.5) is 0 Å². The van der Waals surface area contributed by atoms with Crippen LogP contribution in [0.3, 0.4) is 0 Å². The second kappa shape index (κ2) is 6.06. The minimum Gasteiger partial charge on any atom is -0.297 e. The fourth-order valence-corrected chi connectivity index (χ4v) is 3.40. The molecule has 0 saturated carbocycles. The van der Waals surface area contributed by atoms with Gasteiger partial charge in [0.25, 0.3) is 0 Å². The van der Waals surface area contributed by atoms with Crippen molar-refractivity contribution in [1.29, 1.82) is 0 Å². The van der Waals surface area contributed by atoms with Crippen molar-refractivity contribution in [3.63, 3.8) is 0 Å². The Kier molecular flexibility index (Phi) is 3.73. The van der Waals surface area contributed by atoms with E-state index in [1.54, 1.807) is 12.5 Å². The lowest BCUT2D eigenvalue weighted by atomic mass is 10.0. The first-order chi connectivity index (χ1) is 12.1. The average molecular weight is 328 g/mol. The Balaban J connectivity index is 1.98. The highest BCUT2D eigenvalue weighted by Gasteiger charge is 2.16. The Morgan fingerprint density at radius 1 is 0.920 bits per heavy atom. The Morgan fingerprint density at radius 3 is 2.28 bits per heavy atom. The summed E-state index contributed by atoms with van der Waals surface area (Å²) in [6.07, 6.45) is 7.53. The van der Waals surface area contributed by atoms with Crippen molar-refractivity contribution in [1.82, 2.24) is 19.1 Å². The first kappa shape index (κ1) is 15.4. The number of benzene rings is 2. The molecule has 0 aliphatic heterocycles. The number of aromatic nitrogens is 4. The van der Waals surface area contributed by atoms with Crippen molar-refractivity contribution < 1.29 is 0 Å². The Bertz CT molecular complexity index is 988. The standard InChI is InChI=1S/C21H20N4/c1-15-11-16(2)20(17(3)12-15)25-13-19(24-10-9-22-14-24)23-21(25)18-7-5-4-6-8-18/h4-14H,1-3H3. The smallest absolute Gasteiger partial charge is 0.157 e. The fourth-order valence-electron chi connectivity index (χ4n) is 3.40. The zero-order valence-corrected chi connectivity index (χ0v) is 14.6. The van der Waals surface area contributed by atoms with Crippen molar-refractivity contribution in [2.75, 3.05) is 0 Å². The number of hydrogen-bond acceptors (Lipinski definition) is 2. The van der Waals surface area contributed by atoms with Crippen LogP contribution in [0.1, 0.15) is 16.7 Å². The molecule has 0 spiro atoms. The topological polar surface area (TPSA) is 35.6 Å². The van der Waals surface area contributed by atoms with Gasteiger partial charge in [-0.25, -0.2) is 9.97 Å². The zero-order valence-electron chi connectivity index (χ0n) is 14.6. The number of nitrogens with zero attached hydrogens (tertiary/aromatic N) is 4. The molecule has 4 heteroatoms. The number of imidazole rings is 2. The molecule has 0 aliphatic rings. The molecule has 4 nitrogen and oxygen atoms in total. The SMILES string of the molecule is Cc1cc(C)c(-n2cc(-n3ccnc3)nc2-c2ccccc2)c(C)c1. The van der Waals surface area contributed by atoms with Gasteiger partial charge in [0.15, 0.2) is 5.82 Å². The fraction of sp³-hybridized carbons (Fsp3) is 0.143. The lowest BCUT2D eigenvalue weighted by Crippen LogP contribution is -2.02. The van der Waals surface area contributed by atoms with E-state index >= 15 is 0 Å². The highest BCUT2D eigenvalue weighted by atomic mass is 15.2. The van der Waals surface area contributed by atoms with Crippen LogP contribution in [0.25, 0.3) is 22.9 Å². The summed E-state index contributed by atoms with van der Waals surface area (Å²) >= 11 is 0. The molecule has 0 saturated heterocycles. The van der Waals surface area contributed by atoms with Gasteiger partial charge >= 0.3 is 0 Å². The van der Waals surface area contributed by atoms with E-state index in [1.165, 1.54) is 22.4 Å². The number of aryl methyl sites for hydroxylation is 3. The highest BCUT2D eigenvalue weighted by Crippen LogP contribution is 2.28. The molecule has 0 radical (unpaired) electrons. The van der Waals surface area contributed by atoms with Crippen molar-refractivity contribution in [2.24, 2.45) is 0 Å². The van der Waals surface area contributed by atoms with Crippen molar-refractivity contribution in [3.05, 3.63) is 84.1 Å². The van der Waals surface area contributed by atoms with Gasteiger partial charge in [-0.05, 0) is 31.9 Å². The normalized spacial score (nSPS) is 11.0. The number of rotatable bonds is 3. The molecule has 4 aromatic rings. The lowest BCUT2D eigenvalue weighted by Gasteiger charge is -2.15. The van der Waals surface area contributed by atoms with Gasteiger partial charge in [0.05, 0.1) is 11.9 Å². The average Bonchev–Trinajstić information content (AvgIpc) is 3.24. The predicted molar refractivity (Wildman–Crippen MR) is 100 cm³/mol. The van der Waals surface area contributed by atoms with E-state index in [-0.39, 0.29) is 0 Å². The van der Waals surface area contributed by atoms with Gasteiger partial charge in [0.2, 0.25) is 0 Å². The van der Waals surface area contributed by atoms with Crippen LogP contribution in [-0.4, -0.2) is 19.1 Å². The third-order valence-electron chi connectivity index (χ3n) is 4.37. The molecule has 0 fully saturated rings. The first-order valence-corrected chi connectivity index (χ1v) is 8.35. The van der Waals surface area contributed by atoms with Gasteiger partial charge in [-0.15, -0.1) is 0 Å². The zero-order chi connectivity index (χ0) is 17.4. The molecule has 0 unspecified atom stereocenters. The monoisotopic (exact) mass is 328 g/mol. The molecule has 4 rings (SSSR count). The maximum absolute atomic E-state index is 4.89. The maximum atomic E-state index is 4.89. The highest BCUT2D eigenvalue weighted by molar-refractivity contribution is 5.63. The molecule has 2 aromatic carbocycles. The van der Waals surface area contributed by atoms with Gasteiger partial charge in [0.1, 0.15) is 12.2 Å². The quantitative estimate of drug-likeness (QED) is 0.549. The minimum absolute atomic E-state index is 0.857. The summed E-state index contributed by atoms with van der Waals surface area (Å²) in [7, 11) is 0. The largest absolute Gasteiger partial charge is 0.297 e. The summed E-state index contributed by atoms with van der Waals surface area (Å²) in [6.45, 7) is 6.44. The van der Waals surface area contributed by atoms with E-state index in [2.05, 4.69) is 60.8 Å². The van der Waals surface area contributed by atoms with E-state index in [9.17, 15) is 0 Å². The van der Waals surface area contributed by atoms with E-state index < -0.39 is 0 Å². The summed E-state index contributed by atoms with van der Waals surface area (Å²) in [5, 5.41) is 0. The first-order valence-electron chi connectivity index (χ1n) is 8.35. The van der Waals surface area contributed by atoms with Gasteiger partial charge < -0.3 is 0 Å². The molecule has 0 amide bonds. The molecule has 0 atom stereocenters. The summed E-state index contributed by atoms with van der Waals surface area (Å²) in [5.74, 6) is 1.79. The summed E-state index contributed by atoms with van der Waals surface area (Å²) < 4.78 is 4.12. The van der Waals surface area contributed by atoms with Crippen LogP contribution in [-0.2, 0) is 0 Å². The second-order valence-corrected chi connectivity index (χ2v) is 6.38.